The standard InChI is InChI=1S/C32H46S4/c1-5-9-13-17-29-27(15-11-7-3)33-31(35-29)23-25-19-21-26(22-20-25)24-32-34-28(16-12-8-4)30(36-32)18-14-10-6-2/h19-24H,5-18H2,1-4H3/b31-23-,32-24-. The maximum atomic E-state index is 2.40. The van der Waals surface area contributed by atoms with E-state index in [1.54, 1.807) is 19.6 Å². The van der Waals surface area contributed by atoms with Crippen LogP contribution < -0.4 is 0 Å². The van der Waals surface area contributed by atoms with Crippen molar-refractivity contribution in [1.29, 1.82) is 0 Å². The minimum absolute atomic E-state index is 1.25. The van der Waals surface area contributed by atoms with Crippen molar-refractivity contribution >= 4 is 59.2 Å². The van der Waals surface area contributed by atoms with Crippen molar-refractivity contribution in [3.63, 3.8) is 0 Å². The molecule has 0 aliphatic carbocycles. The van der Waals surface area contributed by atoms with Crippen LogP contribution >= 0.6 is 47.0 Å². The number of hydrogen-bond donors (Lipinski definition) is 0. The lowest BCUT2D eigenvalue weighted by atomic mass is 10.1. The predicted octanol–water partition coefficient (Wildman–Crippen LogP) is 13.2. The fourth-order valence-electron chi connectivity index (χ4n) is 4.34. The largest absolute Gasteiger partial charge is 0.0863 e. The first kappa shape index (κ1) is 30.1. The van der Waals surface area contributed by atoms with E-state index < -0.39 is 0 Å². The molecule has 0 spiro atoms. The molecule has 0 amide bonds. The van der Waals surface area contributed by atoms with E-state index in [4.69, 9.17) is 0 Å². The average Bonchev–Trinajstić information content (AvgIpc) is 3.45. The lowest BCUT2D eigenvalue weighted by molar-refractivity contribution is 0.721. The monoisotopic (exact) mass is 558 g/mol. The Kier molecular flexibility index (Phi) is 14.4. The van der Waals surface area contributed by atoms with Gasteiger partial charge in [-0.15, -0.1) is 0 Å². The average molecular weight is 559 g/mol. The molecule has 2 aliphatic heterocycles. The van der Waals surface area contributed by atoms with Crippen LogP contribution in [0.2, 0.25) is 0 Å². The van der Waals surface area contributed by atoms with Crippen molar-refractivity contribution in [3.8, 4) is 0 Å². The van der Waals surface area contributed by atoms with Crippen LogP contribution in [0.1, 0.15) is 129 Å². The molecule has 36 heavy (non-hydrogen) atoms. The van der Waals surface area contributed by atoms with E-state index in [-0.39, 0.29) is 0 Å². The van der Waals surface area contributed by atoms with Crippen molar-refractivity contribution < 1.29 is 0 Å². The first-order valence-electron chi connectivity index (χ1n) is 14.4. The van der Waals surface area contributed by atoms with Crippen molar-refractivity contribution in [2.45, 2.75) is 118 Å². The summed E-state index contributed by atoms with van der Waals surface area (Å²) in [5, 5.41) is 0. The van der Waals surface area contributed by atoms with Crippen LogP contribution in [0.5, 0.6) is 0 Å². The van der Waals surface area contributed by atoms with Crippen LogP contribution in [0.25, 0.3) is 12.2 Å². The van der Waals surface area contributed by atoms with E-state index in [0.717, 1.165) is 0 Å². The molecule has 0 saturated heterocycles. The molecule has 0 unspecified atom stereocenters. The highest BCUT2D eigenvalue weighted by molar-refractivity contribution is 8.29. The molecule has 1 aromatic carbocycles. The van der Waals surface area contributed by atoms with E-state index in [1.807, 2.05) is 47.0 Å². The molecule has 0 radical (unpaired) electrons. The first-order valence-corrected chi connectivity index (χ1v) is 17.6. The molecular formula is C32H46S4. The van der Waals surface area contributed by atoms with Gasteiger partial charge in [0.1, 0.15) is 0 Å². The molecule has 0 bridgehead atoms. The van der Waals surface area contributed by atoms with E-state index in [2.05, 4.69) is 64.1 Å². The zero-order valence-corrected chi connectivity index (χ0v) is 26.3. The summed E-state index contributed by atoms with van der Waals surface area (Å²) in [6.45, 7) is 9.20. The van der Waals surface area contributed by atoms with Crippen LogP contribution in [0.4, 0.5) is 0 Å². The highest BCUT2D eigenvalue weighted by Crippen LogP contribution is 2.54. The molecule has 0 fully saturated rings. The third-order valence-corrected chi connectivity index (χ3v) is 11.9. The maximum absolute atomic E-state index is 2.40. The fraction of sp³-hybridized carbons (Fsp3) is 0.562. The quantitative estimate of drug-likeness (QED) is 0.185. The minimum Gasteiger partial charge on any atom is -0.0863 e. The van der Waals surface area contributed by atoms with E-state index >= 15 is 0 Å². The van der Waals surface area contributed by atoms with Gasteiger partial charge in [0.25, 0.3) is 0 Å². The highest BCUT2D eigenvalue weighted by atomic mass is 32.2. The van der Waals surface area contributed by atoms with Crippen molar-refractivity contribution in [3.05, 3.63) is 63.5 Å². The summed E-state index contributed by atoms with van der Waals surface area (Å²) in [5.74, 6) is 0. The molecule has 0 saturated carbocycles. The minimum atomic E-state index is 1.25. The summed E-state index contributed by atoms with van der Waals surface area (Å²) in [6.07, 6.45) is 23.0. The number of hydrogen-bond acceptors (Lipinski definition) is 4. The lowest BCUT2D eigenvalue weighted by Gasteiger charge is -2.04. The third-order valence-electron chi connectivity index (χ3n) is 6.55. The van der Waals surface area contributed by atoms with Crippen LogP contribution in [0, 0.1) is 0 Å². The summed E-state index contributed by atoms with van der Waals surface area (Å²) in [7, 11) is 0. The molecule has 0 nitrogen and oxygen atoms in total. The van der Waals surface area contributed by atoms with Gasteiger partial charge in [-0.2, -0.15) is 0 Å². The molecule has 198 valence electrons. The fourth-order valence-corrected chi connectivity index (χ4v) is 9.98. The molecule has 3 rings (SSSR count). The Balaban J connectivity index is 1.61. The van der Waals surface area contributed by atoms with Gasteiger partial charge in [-0.1, -0.05) is 138 Å². The summed E-state index contributed by atoms with van der Waals surface area (Å²) in [4.78, 5) is 6.57. The van der Waals surface area contributed by atoms with Crippen LogP contribution in [-0.4, -0.2) is 0 Å². The van der Waals surface area contributed by atoms with Crippen LogP contribution in [-0.2, 0) is 0 Å². The van der Waals surface area contributed by atoms with E-state index in [9.17, 15) is 0 Å². The Morgan fingerprint density at radius 3 is 1.06 bits per heavy atom. The number of unbranched alkanes of at least 4 members (excludes halogenated alkanes) is 6. The van der Waals surface area contributed by atoms with Gasteiger partial charge in [0, 0.05) is 28.1 Å². The second kappa shape index (κ2) is 17.2. The lowest BCUT2D eigenvalue weighted by Crippen LogP contribution is -1.82. The Morgan fingerprint density at radius 1 is 0.444 bits per heavy atom. The highest BCUT2D eigenvalue weighted by Gasteiger charge is 2.21. The molecule has 4 heteroatoms. The predicted molar refractivity (Wildman–Crippen MR) is 174 cm³/mol. The zero-order valence-electron chi connectivity index (χ0n) is 23.0. The number of rotatable bonds is 16. The van der Waals surface area contributed by atoms with Gasteiger partial charge in [0.05, 0.1) is 0 Å². The molecule has 0 aromatic heterocycles. The van der Waals surface area contributed by atoms with E-state index in [1.165, 1.54) is 109 Å². The van der Waals surface area contributed by atoms with Gasteiger partial charge in [0.2, 0.25) is 0 Å². The van der Waals surface area contributed by atoms with Crippen LogP contribution in [0.15, 0.2) is 52.4 Å². The number of benzene rings is 1. The smallest absolute Gasteiger partial charge is 0.0498 e. The molecule has 2 heterocycles. The second-order valence-corrected chi connectivity index (χ2v) is 14.9. The van der Waals surface area contributed by atoms with Gasteiger partial charge in [0.15, 0.2) is 0 Å². The third kappa shape index (κ3) is 10.0. The first-order chi connectivity index (χ1) is 17.7. The molecule has 1 aromatic rings. The summed E-state index contributed by atoms with van der Waals surface area (Å²) >= 11 is 8.15. The molecular weight excluding hydrogens is 513 g/mol. The topological polar surface area (TPSA) is 0 Å². The van der Waals surface area contributed by atoms with Gasteiger partial charge >= 0.3 is 0 Å². The Morgan fingerprint density at radius 2 is 0.750 bits per heavy atom. The summed E-state index contributed by atoms with van der Waals surface area (Å²) in [6, 6.07) is 9.22. The van der Waals surface area contributed by atoms with Crippen LogP contribution in [0.3, 0.4) is 0 Å². The van der Waals surface area contributed by atoms with Gasteiger partial charge < -0.3 is 0 Å². The molecule has 2 aliphatic rings. The Labute approximate surface area is 239 Å². The van der Waals surface area contributed by atoms with Gasteiger partial charge in [-0.25, -0.2) is 0 Å². The normalized spacial score (nSPS) is 18.4. The number of allylic oxidation sites excluding steroid dienone is 4. The SMILES string of the molecule is CCCCCC1=C(CCCC)S/C(=C/c2ccc(/C=C3/SC(CCCC)=C(CCCCC)S3)cc2)S1. The van der Waals surface area contributed by atoms with Crippen molar-refractivity contribution in [2.24, 2.45) is 0 Å². The Hall–Kier alpha value is -0.420. The number of thioether (sulfide) groups is 4. The second-order valence-electron chi connectivity index (χ2n) is 9.82. The van der Waals surface area contributed by atoms with Crippen molar-refractivity contribution in [1.82, 2.24) is 0 Å². The summed E-state index contributed by atoms with van der Waals surface area (Å²) < 4.78 is 2.92. The summed E-state index contributed by atoms with van der Waals surface area (Å²) in [5.41, 5.74) is 2.65. The van der Waals surface area contributed by atoms with E-state index in [0.29, 0.717) is 0 Å². The Bertz CT molecular complexity index is 856. The maximum Gasteiger partial charge on any atom is 0.0498 e. The van der Waals surface area contributed by atoms with Gasteiger partial charge in [-0.3, -0.25) is 0 Å². The molecule has 0 atom stereocenters. The molecule has 0 N–H and O–H groups in total. The van der Waals surface area contributed by atoms with Gasteiger partial charge in [-0.05, 0) is 74.6 Å². The zero-order chi connectivity index (χ0) is 25.6. The van der Waals surface area contributed by atoms with Crippen molar-refractivity contribution in [2.75, 3.05) is 0 Å².